The smallest absolute Gasteiger partial charge is 0.411 e. The number of ether oxygens (including phenoxy) is 1. The van der Waals surface area contributed by atoms with Crippen molar-refractivity contribution in [2.45, 2.75) is 13.5 Å². The van der Waals surface area contributed by atoms with Crippen molar-refractivity contribution in [2.24, 2.45) is 0 Å². The van der Waals surface area contributed by atoms with Crippen LogP contribution in [0.1, 0.15) is 12.5 Å². The van der Waals surface area contributed by atoms with E-state index in [4.69, 9.17) is 4.74 Å². The van der Waals surface area contributed by atoms with E-state index in [9.17, 15) is 9.59 Å². The molecule has 2 amide bonds. The molecule has 0 saturated carbocycles. The molecule has 0 radical (unpaired) electrons. The van der Waals surface area contributed by atoms with Gasteiger partial charge in [0.15, 0.2) is 0 Å². The van der Waals surface area contributed by atoms with E-state index in [-0.39, 0.29) is 12.5 Å². The highest BCUT2D eigenvalue weighted by molar-refractivity contribution is 5.85. The second kappa shape index (κ2) is 8.38. The Kier molecular flexibility index (Phi) is 5.73. The van der Waals surface area contributed by atoms with E-state index in [1.165, 1.54) is 0 Å². The largest absolute Gasteiger partial charge is 0.444 e. The molecule has 136 valence electrons. The summed E-state index contributed by atoms with van der Waals surface area (Å²) < 4.78 is 5.25. The zero-order valence-corrected chi connectivity index (χ0v) is 14.9. The molecule has 0 aliphatic carbocycles. The number of hydrogen-bond donors (Lipinski definition) is 1. The molecule has 1 N–H and O–H groups in total. The maximum atomic E-state index is 12.0. The first-order valence-corrected chi connectivity index (χ1v) is 8.70. The van der Waals surface area contributed by atoms with E-state index in [2.05, 4.69) is 10.2 Å². The van der Waals surface area contributed by atoms with Crippen molar-refractivity contribution in [1.29, 1.82) is 0 Å². The summed E-state index contributed by atoms with van der Waals surface area (Å²) in [4.78, 5) is 27.5. The van der Waals surface area contributed by atoms with Crippen molar-refractivity contribution in [3.8, 4) is 0 Å². The van der Waals surface area contributed by atoms with E-state index in [1.807, 2.05) is 59.5 Å². The molecule has 0 spiro atoms. The van der Waals surface area contributed by atoms with Gasteiger partial charge >= 0.3 is 6.09 Å². The fourth-order valence-corrected chi connectivity index (χ4v) is 2.94. The van der Waals surface area contributed by atoms with Crippen LogP contribution in [0.2, 0.25) is 0 Å². The average molecular weight is 353 g/mol. The van der Waals surface area contributed by atoms with E-state index in [0.717, 1.165) is 24.3 Å². The average Bonchev–Trinajstić information content (AvgIpc) is 2.67. The van der Waals surface area contributed by atoms with E-state index in [0.29, 0.717) is 18.8 Å². The summed E-state index contributed by atoms with van der Waals surface area (Å²) in [5.41, 5.74) is 2.66. The molecule has 3 rings (SSSR count). The van der Waals surface area contributed by atoms with Crippen molar-refractivity contribution in [1.82, 2.24) is 4.90 Å². The first-order chi connectivity index (χ1) is 12.6. The Hall–Kier alpha value is -3.02. The first kappa shape index (κ1) is 17.8. The lowest BCUT2D eigenvalue weighted by Crippen LogP contribution is -2.48. The molecule has 1 fully saturated rings. The van der Waals surface area contributed by atoms with Crippen molar-refractivity contribution in [3.05, 3.63) is 60.2 Å². The van der Waals surface area contributed by atoms with Crippen molar-refractivity contribution in [2.75, 3.05) is 36.4 Å². The maximum absolute atomic E-state index is 12.0. The number of amides is 2. The normalized spacial score (nSPS) is 14.0. The lowest BCUT2D eigenvalue weighted by Gasteiger charge is -2.35. The summed E-state index contributed by atoms with van der Waals surface area (Å²) in [7, 11) is 0. The van der Waals surface area contributed by atoms with Crippen LogP contribution in [-0.2, 0) is 16.1 Å². The van der Waals surface area contributed by atoms with Crippen LogP contribution in [0.25, 0.3) is 0 Å². The van der Waals surface area contributed by atoms with Crippen LogP contribution in [0, 0.1) is 0 Å². The molecular weight excluding hydrogens is 330 g/mol. The van der Waals surface area contributed by atoms with Gasteiger partial charge in [0.1, 0.15) is 6.61 Å². The maximum Gasteiger partial charge on any atom is 0.411 e. The van der Waals surface area contributed by atoms with Gasteiger partial charge in [0.05, 0.1) is 0 Å². The summed E-state index contributed by atoms with van der Waals surface area (Å²) in [6.45, 7) is 4.82. The molecule has 2 aromatic carbocycles. The van der Waals surface area contributed by atoms with Crippen LogP contribution in [0.15, 0.2) is 54.6 Å². The standard InChI is InChI=1S/C20H23N3O3/c1-16(24)22-10-12-23(13-11-22)19-9-5-8-18(14-19)21-20(25)26-15-17-6-3-2-4-7-17/h2-9,14H,10-13,15H2,1H3,(H,21,25). The first-order valence-electron chi connectivity index (χ1n) is 8.70. The monoisotopic (exact) mass is 353 g/mol. The third-order valence-electron chi connectivity index (χ3n) is 4.40. The number of carbonyl (C=O) groups is 2. The van der Waals surface area contributed by atoms with Crippen molar-refractivity contribution < 1.29 is 14.3 Å². The third kappa shape index (κ3) is 4.75. The van der Waals surface area contributed by atoms with Crippen LogP contribution in [0.3, 0.4) is 0 Å². The predicted octanol–water partition coefficient (Wildman–Crippen LogP) is 3.10. The Balaban J connectivity index is 1.54. The van der Waals surface area contributed by atoms with Gasteiger partial charge in [-0.1, -0.05) is 36.4 Å². The number of hydrogen-bond acceptors (Lipinski definition) is 4. The van der Waals surface area contributed by atoms with Gasteiger partial charge in [0, 0.05) is 44.5 Å². The van der Waals surface area contributed by atoms with E-state index in [1.54, 1.807) is 6.92 Å². The predicted molar refractivity (Wildman–Crippen MR) is 101 cm³/mol. The molecule has 0 atom stereocenters. The minimum absolute atomic E-state index is 0.112. The Labute approximate surface area is 153 Å². The molecule has 0 bridgehead atoms. The quantitative estimate of drug-likeness (QED) is 0.917. The van der Waals surface area contributed by atoms with Gasteiger partial charge in [-0.25, -0.2) is 4.79 Å². The van der Waals surface area contributed by atoms with Crippen LogP contribution >= 0.6 is 0 Å². The van der Waals surface area contributed by atoms with Crippen LogP contribution < -0.4 is 10.2 Å². The number of nitrogens with one attached hydrogen (secondary N) is 1. The van der Waals surface area contributed by atoms with Crippen molar-refractivity contribution >= 4 is 23.4 Å². The summed E-state index contributed by atoms with van der Waals surface area (Å²) in [5, 5.41) is 2.77. The molecule has 26 heavy (non-hydrogen) atoms. The molecule has 1 aliphatic rings. The van der Waals surface area contributed by atoms with Gasteiger partial charge < -0.3 is 14.5 Å². The molecule has 1 saturated heterocycles. The minimum atomic E-state index is -0.479. The Morgan fingerprint density at radius 3 is 2.42 bits per heavy atom. The highest BCUT2D eigenvalue weighted by Gasteiger charge is 2.19. The number of carbonyl (C=O) groups excluding carboxylic acids is 2. The summed E-state index contributed by atoms with van der Waals surface area (Å²) in [6.07, 6.45) is -0.479. The molecule has 1 heterocycles. The van der Waals surface area contributed by atoms with Crippen LogP contribution in [-0.4, -0.2) is 43.1 Å². The molecule has 6 nitrogen and oxygen atoms in total. The SMILES string of the molecule is CC(=O)N1CCN(c2cccc(NC(=O)OCc3ccccc3)c2)CC1. The summed E-state index contributed by atoms with van der Waals surface area (Å²) in [6, 6.07) is 17.2. The second-order valence-electron chi connectivity index (χ2n) is 6.23. The van der Waals surface area contributed by atoms with E-state index >= 15 is 0 Å². The zero-order chi connectivity index (χ0) is 18.4. The highest BCUT2D eigenvalue weighted by atomic mass is 16.5. The van der Waals surface area contributed by atoms with Gasteiger partial charge in [-0.2, -0.15) is 0 Å². The Morgan fingerprint density at radius 2 is 1.73 bits per heavy atom. The second-order valence-corrected chi connectivity index (χ2v) is 6.23. The van der Waals surface area contributed by atoms with Gasteiger partial charge in [0.2, 0.25) is 5.91 Å². The van der Waals surface area contributed by atoms with Crippen LogP contribution in [0.5, 0.6) is 0 Å². The fourth-order valence-electron chi connectivity index (χ4n) is 2.94. The number of benzene rings is 2. The molecular formula is C20H23N3O3. The Bertz CT molecular complexity index is 756. The number of nitrogens with zero attached hydrogens (tertiary/aromatic N) is 2. The minimum Gasteiger partial charge on any atom is -0.444 e. The van der Waals surface area contributed by atoms with Gasteiger partial charge in [-0.3, -0.25) is 10.1 Å². The van der Waals surface area contributed by atoms with E-state index < -0.39 is 6.09 Å². The van der Waals surface area contributed by atoms with Gasteiger partial charge in [-0.05, 0) is 23.8 Å². The van der Waals surface area contributed by atoms with Gasteiger partial charge in [0.25, 0.3) is 0 Å². The molecule has 0 unspecified atom stereocenters. The summed E-state index contributed by atoms with van der Waals surface area (Å²) >= 11 is 0. The molecule has 0 aromatic heterocycles. The third-order valence-corrected chi connectivity index (χ3v) is 4.40. The molecule has 6 heteroatoms. The van der Waals surface area contributed by atoms with Crippen LogP contribution in [0.4, 0.5) is 16.2 Å². The lowest BCUT2D eigenvalue weighted by molar-refractivity contribution is -0.129. The zero-order valence-electron chi connectivity index (χ0n) is 14.9. The lowest BCUT2D eigenvalue weighted by atomic mass is 10.2. The topological polar surface area (TPSA) is 61.9 Å². The highest BCUT2D eigenvalue weighted by Crippen LogP contribution is 2.21. The summed E-state index contributed by atoms with van der Waals surface area (Å²) in [5.74, 6) is 0.112. The molecule has 2 aromatic rings. The molecule has 1 aliphatic heterocycles. The fraction of sp³-hybridized carbons (Fsp3) is 0.300. The Morgan fingerprint density at radius 1 is 1.00 bits per heavy atom. The number of rotatable bonds is 4. The number of anilines is 2. The van der Waals surface area contributed by atoms with Crippen molar-refractivity contribution in [3.63, 3.8) is 0 Å². The number of piperazine rings is 1. The van der Waals surface area contributed by atoms with Gasteiger partial charge in [-0.15, -0.1) is 0 Å².